The number of H-pyrrole nitrogens is 1. The van der Waals surface area contributed by atoms with E-state index in [4.69, 9.17) is 4.74 Å². The van der Waals surface area contributed by atoms with Crippen LogP contribution in [0.4, 0.5) is 0 Å². The van der Waals surface area contributed by atoms with Crippen LogP contribution in [0, 0.1) is 0 Å². The van der Waals surface area contributed by atoms with Crippen molar-refractivity contribution in [3.8, 4) is 0 Å². The molecule has 2 rings (SSSR count). The Morgan fingerprint density at radius 3 is 2.85 bits per heavy atom. The van der Waals surface area contributed by atoms with Gasteiger partial charge in [-0.05, 0) is 31.4 Å². The molecule has 20 heavy (non-hydrogen) atoms. The van der Waals surface area contributed by atoms with Crippen molar-refractivity contribution in [1.82, 2.24) is 15.5 Å². The molecule has 0 aliphatic carbocycles. The molecule has 108 valence electrons. The Labute approximate surface area is 120 Å². The molecule has 0 bridgehead atoms. The van der Waals surface area contributed by atoms with Gasteiger partial charge in [0.1, 0.15) is 0 Å². The van der Waals surface area contributed by atoms with Crippen LogP contribution in [0.5, 0.6) is 0 Å². The fraction of sp³-hybridized carbons (Fsp3) is 0.438. The number of methoxy groups -OCH3 is 1. The molecule has 1 aromatic heterocycles. The lowest BCUT2D eigenvalue weighted by molar-refractivity contribution is 0.181. The topological polar surface area (TPSA) is 49.9 Å². The molecule has 0 saturated heterocycles. The van der Waals surface area contributed by atoms with Gasteiger partial charge >= 0.3 is 0 Å². The van der Waals surface area contributed by atoms with Gasteiger partial charge in [-0.1, -0.05) is 30.3 Å². The summed E-state index contributed by atoms with van der Waals surface area (Å²) in [4.78, 5) is 0. The van der Waals surface area contributed by atoms with Crippen LogP contribution in [0.25, 0.3) is 0 Å². The average Bonchev–Trinajstić information content (AvgIpc) is 2.92. The molecule has 0 fully saturated rings. The van der Waals surface area contributed by atoms with Crippen LogP contribution in [0.15, 0.2) is 36.4 Å². The van der Waals surface area contributed by atoms with E-state index in [0.29, 0.717) is 12.6 Å². The third-order valence-electron chi connectivity index (χ3n) is 3.32. The third kappa shape index (κ3) is 4.79. The summed E-state index contributed by atoms with van der Waals surface area (Å²) in [5.41, 5.74) is 3.44. The summed E-state index contributed by atoms with van der Waals surface area (Å²) in [6.07, 6.45) is 2.23. The van der Waals surface area contributed by atoms with E-state index in [1.165, 1.54) is 5.56 Å². The van der Waals surface area contributed by atoms with Crippen molar-refractivity contribution in [1.29, 1.82) is 0 Å². The quantitative estimate of drug-likeness (QED) is 0.777. The molecule has 0 saturated carbocycles. The van der Waals surface area contributed by atoms with E-state index in [1.54, 1.807) is 7.11 Å². The number of hydrogen-bond acceptors (Lipinski definition) is 3. The summed E-state index contributed by atoms with van der Waals surface area (Å²) in [5.74, 6) is 0. The Balaban J connectivity index is 1.70. The number of aromatic amines is 1. The first-order valence-corrected chi connectivity index (χ1v) is 7.07. The summed E-state index contributed by atoms with van der Waals surface area (Å²) in [5, 5.41) is 10.7. The minimum Gasteiger partial charge on any atom is -0.378 e. The lowest BCUT2D eigenvalue weighted by Gasteiger charge is -2.12. The second-order valence-corrected chi connectivity index (χ2v) is 5.12. The minimum absolute atomic E-state index is 0.470. The maximum atomic E-state index is 5.06. The third-order valence-corrected chi connectivity index (χ3v) is 3.32. The normalized spacial score (nSPS) is 12.5. The number of aromatic nitrogens is 2. The Kier molecular flexibility index (Phi) is 5.77. The zero-order chi connectivity index (χ0) is 14.2. The van der Waals surface area contributed by atoms with Crippen LogP contribution in [0.2, 0.25) is 0 Å². The van der Waals surface area contributed by atoms with E-state index in [9.17, 15) is 0 Å². The Hall–Kier alpha value is -1.65. The molecular weight excluding hydrogens is 250 g/mol. The number of aryl methyl sites for hydroxylation is 1. The van der Waals surface area contributed by atoms with Crippen molar-refractivity contribution in [2.24, 2.45) is 0 Å². The van der Waals surface area contributed by atoms with Gasteiger partial charge in [0.15, 0.2) is 0 Å². The fourth-order valence-electron chi connectivity index (χ4n) is 2.14. The van der Waals surface area contributed by atoms with E-state index in [1.807, 2.05) is 6.07 Å². The van der Waals surface area contributed by atoms with Crippen LogP contribution in [-0.2, 0) is 24.3 Å². The predicted molar refractivity (Wildman–Crippen MR) is 80.4 cm³/mol. The van der Waals surface area contributed by atoms with Gasteiger partial charge in [0, 0.05) is 19.7 Å². The zero-order valence-electron chi connectivity index (χ0n) is 12.2. The van der Waals surface area contributed by atoms with Crippen LogP contribution >= 0.6 is 0 Å². The van der Waals surface area contributed by atoms with Gasteiger partial charge in [0.2, 0.25) is 0 Å². The first-order valence-electron chi connectivity index (χ1n) is 7.07. The average molecular weight is 273 g/mol. The Morgan fingerprint density at radius 2 is 2.10 bits per heavy atom. The lowest BCUT2D eigenvalue weighted by Crippen LogP contribution is -2.26. The fourth-order valence-corrected chi connectivity index (χ4v) is 2.14. The second kappa shape index (κ2) is 7.82. The molecule has 2 aromatic rings. The molecule has 4 heteroatoms. The molecule has 0 unspecified atom stereocenters. The van der Waals surface area contributed by atoms with Crippen molar-refractivity contribution < 1.29 is 4.74 Å². The molecule has 1 aromatic carbocycles. The maximum absolute atomic E-state index is 5.06. The maximum Gasteiger partial charge on any atom is 0.0878 e. The van der Waals surface area contributed by atoms with Crippen LogP contribution in [0.1, 0.15) is 30.3 Å². The van der Waals surface area contributed by atoms with Gasteiger partial charge in [-0.25, -0.2) is 0 Å². The van der Waals surface area contributed by atoms with E-state index in [0.717, 1.165) is 30.8 Å². The van der Waals surface area contributed by atoms with Gasteiger partial charge in [-0.2, -0.15) is 5.10 Å². The van der Waals surface area contributed by atoms with Gasteiger partial charge in [-0.15, -0.1) is 0 Å². The minimum atomic E-state index is 0.470. The van der Waals surface area contributed by atoms with Crippen molar-refractivity contribution in [3.05, 3.63) is 53.3 Å². The molecule has 0 aliphatic heterocycles. The van der Waals surface area contributed by atoms with E-state index in [-0.39, 0.29) is 0 Å². The summed E-state index contributed by atoms with van der Waals surface area (Å²) in [6, 6.07) is 13.1. The van der Waals surface area contributed by atoms with Crippen molar-refractivity contribution in [2.45, 2.75) is 39.0 Å². The van der Waals surface area contributed by atoms with Gasteiger partial charge in [-0.3, -0.25) is 5.10 Å². The summed E-state index contributed by atoms with van der Waals surface area (Å²) in [6.45, 7) is 3.58. The van der Waals surface area contributed by atoms with Crippen molar-refractivity contribution >= 4 is 0 Å². The van der Waals surface area contributed by atoms with Gasteiger partial charge in [0.05, 0.1) is 18.0 Å². The highest BCUT2D eigenvalue weighted by atomic mass is 16.5. The Morgan fingerprint density at radius 1 is 1.30 bits per heavy atom. The first-order chi connectivity index (χ1) is 9.78. The van der Waals surface area contributed by atoms with E-state index in [2.05, 4.69) is 52.8 Å². The second-order valence-electron chi connectivity index (χ2n) is 5.12. The largest absolute Gasteiger partial charge is 0.378 e. The molecule has 1 atom stereocenters. The van der Waals surface area contributed by atoms with E-state index < -0.39 is 0 Å². The van der Waals surface area contributed by atoms with Gasteiger partial charge < -0.3 is 10.1 Å². The Bertz CT molecular complexity index is 495. The molecule has 0 radical (unpaired) electrons. The molecule has 2 N–H and O–H groups in total. The number of benzene rings is 1. The summed E-state index contributed by atoms with van der Waals surface area (Å²) in [7, 11) is 1.68. The van der Waals surface area contributed by atoms with Crippen LogP contribution < -0.4 is 5.32 Å². The smallest absolute Gasteiger partial charge is 0.0878 e. The van der Waals surface area contributed by atoms with E-state index >= 15 is 0 Å². The highest BCUT2D eigenvalue weighted by Crippen LogP contribution is 2.06. The highest BCUT2D eigenvalue weighted by molar-refractivity contribution is 5.14. The van der Waals surface area contributed by atoms with Crippen molar-refractivity contribution in [2.75, 3.05) is 7.11 Å². The number of rotatable bonds is 8. The van der Waals surface area contributed by atoms with Gasteiger partial charge in [0.25, 0.3) is 0 Å². The van der Waals surface area contributed by atoms with Crippen LogP contribution in [0.3, 0.4) is 0 Å². The monoisotopic (exact) mass is 273 g/mol. The van der Waals surface area contributed by atoms with Crippen LogP contribution in [-0.4, -0.2) is 23.3 Å². The summed E-state index contributed by atoms with van der Waals surface area (Å²) < 4.78 is 5.06. The zero-order valence-corrected chi connectivity index (χ0v) is 12.2. The highest BCUT2D eigenvalue weighted by Gasteiger charge is 2.05. The summed E-state index contributed by atoms with van der Waals surface area (Å²) >= 11 is 0. The number of ether oxygens (including phenoxy) is 1. The standard InChI is InChI=1S/C16H23N3O/c1-13(8-9-14-6-4-3-5-7-14)17-11-15-10-16(12-20-2)19-18-15/h3-7,10,13,17H,8-9,11-12H2,1-2H3,(H,18,19)/t13-/m1/s1. The molecule has 0 spiro atoms. The number of hydrogen-bond donors (Lipinski definition) is 2. The molecule has 0 aliphatic rings. The number of nitrogens with zero attached hydrogens (tertiary/aromatic N) is 1. The van der Waals surface area contributed by atoms with Crippen molar-refractivity contribution in [3.63, 3.8) is 0 Å². The SMILES string of the molecule is COCc1cc(CN[C@H](C)CCc2ccccc2)n[nH]1. The first kappa shape index (κ1) is 14.8. The lowest BCUT2D eigenvalue weighted by atomic mass is 10.1. The molecule has 4 nitrogen and oxygen atoms in total. The molecule has 1 heterocycles. The molecule has 0 amide bonds. The molecular formula is C16H23N3O. The number of nitrogens with one attached hydrogen (secondary N) is 2. The predicted octanol–water partition coefficient (Wildman–Crippen LogP) is 2.67.